The summed E-state index contributed by atoms with van der Waals surface area (Å²) in [4.78, 5) is 36.2. The Balaban J connectivity index is 1.76. The van der Waals surface area contributed by atoms with Crippen LogP contribution in [0.4, 0.5) is 4.79 Å². The van der Waals surface area contributed by atoms with Gasteiger partial charge in [-0.25, -0.2) is 4.79 Å². The van der Waals surface area contributed by atoms with E-state index in [2.05, 4.69) is 5.32 Å². The quantitative estimate of drug-likeness (QED) is 0.827. The highest BCUT2D eigenvalue weighted by molar-refractivity contribution is 6.53. The van der Waals surface area contributed by atoms with Gasteiger partial charge in [-0.1, -0.05) is 42.5 Å². The number of carbonyl (C=O) groups is 3. The number of hydrogen-bond acceptors (Lipinski definition) is 4. The van der Waals surface area contributed by atoms with Gasteiger partial charge >= 0.3 is 6.09 Å². The molecule has 27 heavy (non-hydrogen) atoms. The summed E-state index contributed by atoms with van der Waals surface area (Å²) in [6.07, 6.45) is 3.17. The second-order valence-corrected chi connectivity index (χ2v) is 7.29. The lowest BCUT2D eigenvalue weighted by atomic mass is 9.83. The number of ether oxygens (including phenoxy) is 1. The van der Waals surface area contributed by atoms with E-state index in [0.717, 1.165) is 16.7 Å². The van der Waals surface area contributed by atoms with Crippen molar-refractivity contribution in [3.63, 3.8) is 0 Å². The van der Waals surface area contributed by atoms with Gasteiger partial charge in [-0.2, -0.15) is 0 Å². The van der Waals surface area contributed by atoms with Crippen molar-refractivity contribution in [2.45, 2.75) is 26.4 Å². The fourth-order valence-electron chi connectivity index (χ4n) is 2.90. The zero-order valence-electron chi connectivity index (χ0n) is 15.5. The third-order valence-electron chi connectivity index (χ3n) is 4.03. The summed E-state index contributed by atoms with van der Waals surface area (Å²) in [5.41, 5.74) is 2.70. The zero-order valence-corrected chi connectivity index (χ0v) is 15.5. The fourth-order valence-corrected chi connectivity index (χ4v) is 2.90. The van der Waals surface area contributed by atoms with Gasteiger partial charge in [-0.3, -0.25) is 9.59 Å². The summed E-state index contributed by atoms with van der Waals surface area (Å²) in [5, 5.41) is 2.65. The predicted octanol–water partition coefficient (Wildman–Crippen LogP) is 4.27. The second kappa shape index (κ2) is 7.19. The average molecular weight is 363 g/mol. The van der Waals surface area contributed by atoms with Crippen LogP contribution in [0.25, 0.3) is 17.2 Å². The number of nitrogens with one attached hydrogen (secondary N) is 1. The molecule has 1 aliphatic rings. The Morgan fingerprint density at radius 1 is 0.963 bits per heavy atom. The molecule has 5 nitrogen and oxygen atoms in total. The first-order valence-corrected chi connectivity index (χ1v) is 8.72. The molecule has 0 fully saturated rings. The molecule has 1 amide bonds. The smallest absolute Gasteiger partial charge is 0.407 e. The van der Waals surface area contributed by atoms with Crippen LogP contribution in [0.2, 0.25) is 0 Å². The van der Waals surface area contributed by atoms with E-state index in [0.29, 0.717) is 17.7 Å². The van der Waals surface area contributed by atoms with Gasteiger partial charge in [0.15, 0.2) is 0 Å². The summed E-state index contributed by atoms with van der Waals surface area (Å²) >= 11 is 0. The lowest BCUT2D eigenvalue weighted by Crippen LogP contribution is -2.32. The van der Waals surface area contributed by atoms with E-state index >= 15 is 0 Å². The minimum absolute atomic E-state index is 0.319. The summed E-state index contributed by atoms with van der Waals surface area (Å²) in [5.74, 6) is -0.950. The molecule has 2 aromatic carbocycles. The van der Waals surface area contributed by atoms with E-state index < -0.39 is 23.3 Å². The van der Waals surface area contributed by atoms with Gasteiger partial charge in [0.05, 0.1) is 0 Å². The normalized spacial score (nSPS) is 13.3. The Hall–Kier alpha value is -3.21. The topological polar surface area (TPSA) is 72.5 Å². The van der Waals surface area contributed by atoms with Crippen molar-refractivity contribution in [1.29, 1.82) is 0 Å². The van der Waals surface area contributed by atoms with Crippen molar-refractivity contribution < 1.29 is 19.1 Å². The Labute approximate surface area is 158 Å². The van der Waals surface area contributed by atoms with Gasteiger partial charge in [-0.05, 0) is 49.6 Å². The highest BCUT2D eigenvalue weighted by Crippen LogP contribution is 2.34. The van der Waals surface area contributed by atoms with E-state index in [9.17, 15) is 14.4 Å². The molecule has 2 aromatic rings. The molecule has 1 N–H and O–H groups in total. The standard InChI is InChI=1S/C22H21NO4/c1-22(2,3)27-21(26)23-12-6-7-14-10-11-17-18(13-14)15-8-4-5-9-16(15)19(24)20(17)25/h4-11,13H,12H2,1-3H3,(H,23,26). The number of alkyl carbamates (subject to hydrolysis) is 1. The summed E-state index contributed by atoms with van der Waals surface area (Å²) in [6.45, 7) is 5.73. The SMILES string of the molecule is CC(C)(C)OC(=O)NCC=Cc1ccc2c(c1)-c1ccccc1C(=O)C2=O. The van der Waals surface area contributed by atoms with E-state index in [1.807, 2.05) is 24.3 Å². The average Bonchev–Trinajstić information content (AvgIpc) is 2.62. The third kappa shape index (κ3) is 4.14. The molecule has 5 heteroatoms. The first-order valence-electron chi connectivity index (χ1n) is 8.72. The maximum absolute atomic E-state index is 12.3. The highest BCUT2D eigenvalue weighted by atomic mass is 16.6. The van der Waals surface area contributed by atoms with Crippen LogP contribution < -0.4 is 5.32 Å². The van der Waals surface area contributed by atoms with Gasteiger partial charge in [-0.15, -0.1) is 0 Å². The van der Waals surface area contributed by atoms with Gasteiger partial charge in [0.1, 0.15) is 5.60 Å². The molecular formula is C22H21NO4. The molecular weight excluding hydrogens is 342 g/mol. The van der Waals surface area contributed by atoms with Crippen molar-refractivity contribution >= 4 is 23.7 Å². The van der Waals surface area contributed by atoms with Crippen LogP contribution in [-0.2, 0) is 4.74 Å². The molecule has 0 heterocycles. The maximum atomic E-state index is 12.3. The molecule has 0 radical (unpaired) electrons. The molecule has 0 saturated carbocycles. The molecule has 0 saturated heterocycles. The van der Waals surface area contributed by atoms with Crippen LogP contribution in [-0.4, -0.2) is 29.8 Å². The van der Waals surface area contributed by atoms with Gasteiger partial charge in [0, 0.05) is 17.7 Å². The monoisotopic (exact) mass is 363 g/mol. The van der Waals surface area contributed by atoms with Crippen LogP contribution >= 0.6 is 0 Å². The number of hydrogen-bond donors (Lipinski definition) is 1. The second-order valence-electron chi connectivity index (χ2n) is 7.29. The number of rotatable bonds is 3. The highest BCUT2D eigenvalue weighted by Gasteiger charge is 2.29. The molecule has 138 valence electrons. The van der Waals surface area contributed by atoms with E-state index in [4.69, 9.17) is 4.74 Å². The number of carbonyl (C=O) groups excluding carboxylic acids is 3. The van der Waals surface area contributed by atoms with E-state index in [-0.39, 0.29) is 0 Å². The molecule has 0 atom stereocenters. The third-order valence-corrected chi connectivity index (χ3v) is 4.03. The number of fused-ring (bicyclic) bond motifs is 3. The lowest BCUT2D eigenvalue weighted by Gasteiger charge is -2.19. The maximum Gasteiger partial charge on any atom is 0.407 e. The van der Waals surface area contributed by atoms with Crippen LogP contribution in [0.3, 0.4) is 0 Å². The molecule has 3 rings (SSSR count). The van der Waals surface area contributed by atoms with Gasteiger partial charge in [0.2, 0.25) is 11.6 Å². The first kappa shape index (κ1) is 18.6. The summed E-state index contributed by atoms with van der Waals surface area (Å²) in [6, 6.07) is 12.4. The van der Waals surface area contributed by atoms with Crippen molar-refractivity contribution in [2.24, 2.45) is 0 Å². The van der Waals surface area contributed by atoms with Crippen molar-refractivity contribution in [3.05, 3.63) is 65.2 Å². The molecule has 0 unspecified atom stereocenters. The molecule has 0 spiro atoms. The Morgan fingerprint density at radius 3 is 2.26 bits per heavy atom. The van der Waals surface area contributed by atoms with Crippen LogP contribution in [0.15, 0.2) is 48.5 Å². The fraction of sp³-hybridized carbons (Fsp3) is 0.227. The van der Waals surface area contributed by atoms with Gasteiger partial charge in [0.25, 0.3) is 0 Å². The van der Waals surface area contributed by atoms with Crippen LogP contribution in [0.1, 0.15) is 47.1 Å². The largest absolute Gasteiger partial charge is 0.444 e. The number of ketones is 2. The Bertz CT molecular complexity index is 951. The minimum atomic E-state index is -0.538. The predicted molar refractivity (Wildman–Crippen MR) is 104 cm³/mol. The molecule has 0 aliphatic heterocycles. The Morgan fingerprint density at radius 2 is 1.59 bits per heavy atom. The van der Waals surface area contributed by atoms with Crippen molar-refractivity contribution in [3.8, 4) is 11.1 Å². The Kier molecular flexibility index (Phi) is 4.95. The minimum Gasteiger partial charge on any atom is -0.444 e. The summed E-state index contributed by atoms with van der Waals surface area (Å²) in [7, 11) is 0. The van der Waals surface area contributed by atoms with E-state index in [1.165, 1.54) is 0 Å². The molecule has 0 bridgehead atoms. The first-order chi connectivity index (χ1) is 12.8. The number of benzene rings is 2. The lowest BCUT2D eigenvalue weighted by molar-refractivity contribution is 0.0534. The van der Waals surface area contributed by atoms with Gasteiger partial charge < -0.3 is 10.1 Å². The molecule has 0 aromatic heterocycles. The van der Waals surface area contributed by atoms with Crippen LogP contribution in [0, 0.1) is 0 Å². The van der Waals surface area contributed by atoms with E-state index in [1.54, 1.807) is 51.1 Å². The summed E-state index contributed by atoms with van der Waals surface area (Å²) < 4.78 is 5.17. The number of Topliss-reactive ketones (excluding diaryl/α,β-unsaturated/α-hetero) is 2. The van der Waals surface area contributed by atoms with Crippen molar-refractivity contribution in [1.82, 2.24) is 5.32 Å². The zero-order chi connectivity index (χ0) is 19.6. The van der Waals surface area contributed by atoms with Crippen molar-refractivity contribution in [2.75, 3.05) is 6.54 Å². The van der Waals surface area contributed by atoms with Crippen LogP contribution in [0.5, 0.6) is 0 Å². The molecule has 1 aliphatic carbocycles. The number of amides is 1.